The number of carbonyl (C=O) groups is 1. The molecule has 0 saturated heterocycles. The molecule has 0 fully saturated rings. The Hall–Kier alpha value is -2.57. The number of urea groups is 1. The second-order valence-electron chi connectivity index (χ2n) is 3.55. The van der Waals surface area contributed by atoms with Gasteiger partial charge in [-0.25, -0.2) is 4.79 Å². The van der Waals surface area contributed by atoms with E-state index in [9.17, 15) is 4.79 Å². The maximum absolute atomic E-state index is 11.6. The number of methoxy groups -OCH3 is 1. The monoisotopic (exact) mass is 247 g/mol. The van der Waals surface area contributed by atoms with Crippen LogP contribution in [0.15, 0.2) is 24.3 Å². The topological polar surface area (TPSA) is 91.9 Å². The van der Waals surface area contributed by atoms with Crippen molar-refractivity contribution < 1.29 is 9.53 Å². The second-order valence-corrected chi connectivity index (χ2v) is 3.55. The van der Waals surface area contributed by atoms with Crippen molar-refractivity contribution in [2.45, 2.75) is 6.92 Å². The molecule has 0 spiro atoms. The lowest BCUT2D eigenvalue weighted by Crippen LogP contribution is -2.20. The lowest BCUT2D eigenvalue weighted by molar-refractivity contribution is 0.262. The van der Waals surface area contributed by atoms with Gasteiger partial charge >= 0.3 is 6.03 Å². The fourth-order valence-electron chi connectivity index (χ4n) is 1.34. The summed E-state index contributed by atoms with van der Waals surface area (Å²) in [5.41, 5.74) is 0.653. The molecule has 0 aliphatic heterocycles. The average molecular weight is 247 g/mol. The summed E-state index contributed by atoms with van der Waals surface area (Å²) in [7, 11) is 1.58. The van der Waals surface area contributed by atoms with Crippen LogP contribution in [-0.4, -0.2) is 28.3 Å². The van der Waals surface area contributed by atoms with E-state index in [4.69, 9.17) is 4.74 Å². The SMILES string of the molecule is COc1ccc(NC(=O)Nc2n[nH]c(C)n2)cc1. The van der Waals surface area contributed by atoms with Gasteiger partial charge in [0.2, 0.25) is 5.95 Å². The number of benzene rings is 1. The minimum Gasteiger partial charge on any atom is -0.497 e. The quantitative estimate of drug-likeness (QED) is 0.770. The van der Waals surface area contributed by atoms with Crippen molar-refractivity contribution in [1.82, 2.24) is 15.2 Å². The van der Waals surface area contributed by atoms with Gasteiger partial charge < -0.3 is 10.1 Å². The number of H-pyrrole nitrogens is 1. The van der Waals surface area contributed by atoms with Crippen LogP contribution in [0.3, 0.4) is 0 Å². The van der Waals surface area contributed by atoms with Crippen molar-refractivity contribution in [2.75, 3.05) is 17.7 Å². The third-order valence-corrected chi connectivity index (χ3v) is 2.17. The van der Waals surface area contributed by atoms with Gasteiger partial charge in [0, 0.05) is 5.69 Å². The molecule has 3 N–H and O–H groups in total. The molecule has 1 aromatic heterocycles. The number of ether oxygens (including phenoxy) is 1. The van der Waals surface area contributed by atoms with Crippen LogP contribution in [0.5, 0.6) is 5.75 Å². The molecule has 0 atom stereocenters. The zero-order chi connectivity index (χ0) is 13.0. The van der Waals surface area contributed by atoms with Crippen LogP contribution in [0.4, 0.5) is 16.4 Å². The third-order valence-electron chi connectivity index (χ3n) is 2.17. The summed E-state index contributed by atoms with van der Waals surface area (Å²) in [5.74, 6) is 1.60. The Labute approximate surface area is 104 Å². The highest BCUT2D eigenvalue weighted by Gasteiger charge is 2.05. The Morgan fingerprint density at radius 2 is 2.00 bits per heavy atom. The van der Waals surface area contributed by atoms with Crippen LogP contribution in [0.2, 0.25) is 0 Å². The molecule has 0 aliphatic carbocycles. The van der Waals surface area contributed by atoms with Gasteiger partial charge in [-0.05, 0) is 31.2 Å². The van der Waals surface area contributed by atoms with E-state index >= 15 is 0 Å². The Bertz CT molecular complexity index is 535. The fraction of sp³-hybridized carbons (Fsp3) is 0.182. The van der Waals surface area contributed by atoms with Gasteiger partial charge in [0.1, 0.15) is 11.6 Å². The summed E-state index contributed by atoms with van der Waals surface area (Å²) in [4.78, 5) is 15.6. The van der Waals surface area contributed by atoms with Gasteiger partial charge in [-0.15, -0.1) is 5.10 Å². The van der Waals surface area contributed by atoms with Crippen molar-refractivity contribution >= 4 is 17.7 Å². The number of nitrogens with one attached hydrogen (secondary N) is 3. The molecule has 0 radical (unpaired) electrons. The van der Waals surface area contributed by atoms with E-state index in [0.29, 0.717) is 11.5 Å². The van der Waals surface area contributed by atoms with Gasteiger partial charge in [0.15, 0.2) is 0 Å². The molecular formula is C11H13N5O2. The van der Waals surface area contributed by atoms with Crippen molar-refractivity contribution in [2.24, 2.45) is 0 Å². The summed E-state index contributed by atoms with van der Waals surface area (Å²) in [6.07, 6.45) is 0. The summed E-state index contributed by atoms with van der Waals surface area (Å²) in [6, 6.07) is 6.58. The Balaban J connectivity index is 1.94. The second kappa shape index (κ2) is 5.17. The van der Waals surface area contributed by atoms with E-state index in [0.717, 1.165) is 5.75 Å². The summed E-state index contributed by atoms with van der Waals surface area (Å²) >= 11 is 0. The molecule has 2 amide bonds. The molecule has 94 valence electrons. The van der Waals surface area contributed by atoms with Gasteiger partial charge in [-0.3, -0.25) is 10.4 Å². The normalized spacial score (nSPS) is 9.89. The highest BCUT2D eigenvalue weighted by molar-refractivity contribution is 5.98. The first-order valence-electron chi connectivity index (χ1n) is 5.28. The van der Waals surface area contributed by atoms with E-state index in [1.54, 1.807) is 38.3 Å². The van der Waals surface area contributed by atoms with Crippen molar-refractivity contribution in [3.05, 3.63) is 30.1 Å². The van der Waals surface area contributed by atoms with Crippen LogP contribution in [0.1, 0.15) is 5.82 Å². The molecule has 2 aromatic rings. The maximum Gasteiger partial charge on any atom is 0.326 e. The molecule has 1 aromatic carbocycles. The Morgan fingerprint density at radius 3 is 2.56 bits per heavy atom. The molecule has 2 rings (SSSR count). The average Bonchev–Trinajstić information content (AvgIpc) is 2.75. The zero-order valence-electron chi connectivity index (χ0n) is 10.0. The molecule has 7 nitrogen and oxygen atoms in total. The third kappa shape index (κ3) is 2.97. The number of aromatic nitrogens is 3. The molecule has 0 aliphatic rings. The molecule has 0 saturated carbocycles. The van der Waals surface area contributed by atoms with E-state index in [-0.39, 0.29) is 5.95 Å². The fourth-order valence-corrected chi connectivity index (χ4v) is 1.34. The van der Waals surface area contributed by atoms with Crippen LogP contribution < -0.4 is 15.4 Å². The number of aryl methyl sites for hydroxylation is 1. The summed E-state index contributed by atoms with van der Waals surface area (Å²) in [6.45, 7) is 1.75. The van der Waals surface area contributed by atoms with Gasteiger partial charge in [-0.1, -0.05) is 0 Å². The first kappa shape index (κ1) is 11.9. The minimum absolute atomic E-state index is 0.235. The number of anilines is 2. The van der Waals surface area contributed by atoms with Crippen LogP contribution in [0.25, 0.3) is 0 Å². The number of amides is 2. The highest BCUT2D eigenvalue weighted by atomic mass is 16.5. The predicted octanol–water partition coefficient (Wildman–Crippen LogP) is 1.77. The minimum atomic E-state index is -0.404. The molecule has 0 unspecified atom stereocenters. The Morgan fingerprint density at radius 1 is 1.28 bits per heavy atom. The number of nitrogens with zero attached hydrogens (tertiary/aromatic N) is 2. The standard InChI is InChI=1S/C11H13N5O2/c1-7-12-10(16-15-7)14-11(17)13-8-3-5-9(18-2)6-4-8/h3-6H,1-2H3,(H3,12,13,14,15,16,17). The first-order chi connectivity index (χ1) is 8.67. The number of hydrogen-bond donors (Lipinski definition) is 3. The smallest absolute Gasteiger partial charge is 0.326 e. The van der Waals surface area contributed by atoms with Gasteiger partial charge in [0.05, 0.1) is 7.11 Å². The van der Waals surface area contributed by atoms with Crippen molar-refractivity contribution in [3.8, 4) is 5.75 Å². The van der Waals surface area contributed by atoms with Crippen molar-refractivity contribution in [3.63, 3.8) is 0 Å². The molecule has 0 bridgehead atoms. The van der Waals surface area contributed by atoms with E-state index in [1.165, 1.54) is 0 Å². The Kier molecular flexibility index (Phi) is 3.42. The lowest BCUT2D eigenvalue weighted by atomic mass is 10.3. The zero-order valence-corrected chi connectivity index (χ0v) is 10.0. The van der Waals surface area contributed by atoms with Crippen molar-refractivity contribution in [1.29, 1.82) is 0 Å². The first-order valence-corrected chi connectivity index (χ1v) is 5.28. The van der Waals surface area contributed by atoms with Crippen LogP contribution in [0, 0.1) is 6.92 Å². The van der Waals surface area contributed by atoms with E-state index in [1.807, 2.05) is 0 Å². The molecule has 7 heteroatoms. The largest absolute Gasteiger partial charge is 0.497 e. The number of carbonyl (C=O) groups excluding carboxylic acids is 1. The predicted molar refractivity (Wildman–Crippen MR) is 66.8 cm³/mol. The summed E-state index contributed by atoms with van der Waals surface area (Å²) < 4.78 is 5.02. The summed E-state index contributed by atoms with van der Waals surface area (Å²) in [5, 5.41) is 11.6. The van der Waals surface area contributed by atoms with Crippen LogP contribution in [-0.2, 0) is 0 Å². The molecule has 1 heterocycles. The van der Waals surface area contributed by atoms with E-state index in [2.05, 4.69) is 25.8 Å². The van der Waals surface area contributed by atoms with Crippen LogP contribution >= 0.6 is 0 Å². The number of rotatable bonds is 3. The molecule has 18 heavy (non-hydrogen) atoms. The maximum atomic E-state index is 11.6. The number of aromatic amines is 1. The highest BCUT2D eigenvalue weighted by Crippen LogP contribution is 2.15. The lowest BCUT2D eigenvalue weighted by Gasteiger charge is -2.05. The van der Waals surface area contributed by atoms with E-state index < -0.39 is 6.03 Å². The van der Waals surface area contributed by atoms with Gasteiger partial charge in [0.25, 0.3) is 0 Å². The molecular weight excluding hydrogens is 234 g/mol. The van der Waals surface area contributed by atoms with Gasteiger partial charge in [-0.2, -0.15) is 4.98 Å². The number of hydrogen-bond acceptors (Lipinski definition) is 4.